The summed E-state index contributed by atoms with van der Waals surface area (Å²) in [7, 11) is 0. The molecule has 0 saturated heterocycles. The van der Waals surface area contributed by atoms with E-state index in [9.17, 15) is 14.7 Å². The number of carboxylic acids is 1. The Morgan fingerprint density at radius 1 is 0.963 bits per heavy atom. The number of hydrogen-bond acceptors (Lipinski definition) is 3. The molecule has 0 fully saturated rings. The first-order valence-corrected chi connectivity index (χ1v) is 8.92. The van der Waals surface area contributed by atoms with Crippen LogP contribution in [0.3, 0.4) is 0 Å². The van der Waals surface area contributed by atoms with Crippen LogP contribution in [0.5, 0.6) is 0 Å². The van der Waals surface area contributed by atoms with Crippen molar-refractivity contribution >= 4 is 29.8 Å². The maximum absolute atomic E-state index is 12.0. The molecule has 6 nitrogen and oxygen atoms in total. The van der Waals surface area contributed by atoms with Crippen molar-refractivity contribution in [3.05, 3.63) is 65.7 Å². The van der Waals surface area contributed by atoms with E-state index in [1.54, 1.807) is 12.1 Å². The number of carbonyl (C=O) groups excluding carboxylic acids is 1. The molecule has 0 bridgehead atoms. The Labute approximate surface area is 159 Å². The van der Waals surface area contributed by atoms with Crippen molar-refractivity contribution in [2.45, 2.75) is 25.3 Å². The van der Waals surface area contributed by atoms with Gasteiger partial charge in [-0.15, -0.1) is 0 Å². The van der Waals surface area contributed by atoms with Crippen LogP contribution in [0, 0.1) is 0 Å². The number of carboxylic acid groups (broad SMARTS) is 1. The van der Waals surface area contributed by atoms with Gasteiger partial charge in [-0.3, -0.25) is 0 Å². The number of nitrogens with two attached hydrogens (primary N) is 1. The molecular weight excluding hydrogens is 342 g/mol. The Morgan fingerprint density at radius 2 is 1.59 bits per heavy atom. The van der Waals surface area contributed by atoms with Gasteiger partial charge in [-0.1, -0.05) is 54.6 Å². The molecule has 0 unspecified atom stereocenters. The molecule has 0 aliphatic heterocycles. The minimum Gasteiger partial charge on any atom is -0.480 e. The highest BCUT2D eigenvalue weighted by molar-refractivity contribution is 5.92. The normalized spacial score (nSPS) is 11.9. The number of anilines is 1. The number of benzene rings is 2. The van der Waals surface area contributed by atoms with Gasteiger partial charge in [0.05, 0.1) is 0 Å². The van der Waals surface area contributed by atoms with Crippen LogP contribution in [-0.4, -0.2) is 29.7 Å². The zero-order valence-electron chi connectivity index (χ0n) is 15.1. The number of carbonyl (C=O) groups is 2. The van der Waals surface area contributed by atoms with Gasteiger partial charge in [0.15, 0.2) is 0 Å². The molecule has 0 radical (unpaired) electrons. The minimum atomic E-state index is -1.05. The van der Waals surface area contributed by atoms with Crippen LogP contribution < -0.4 is 16.4 Å². The monoisotopic (exact) mass is 367 g/mol. The summed E-state index contributed by atoms with van der Waals surface area (Å²) in [6.07, 6.45) is 5.72. The molecule has 1 atom stereocenters. The first-order chi connectivity index (χ1) is 13.1. The topological polar surface area (TPSA) is 104 Å². The molecule has 0 saturated carbocycles. The molecule has 27 heavy (non-hydrogen) atoms. The van der Waals surface area contributed by atoms with E-state index in [0.29, 0.717) is 25.1 Å². The standard InChI is InChI=1S/C21H25N3O3/c22-15-5-4-8-19(20(25)26)24-21(27)23-18-13-11-17(12-14-18)10-9-16-6-2-1-3-7-16/h1-3,6-7,9-14,19H,4-5,8,15,22H2,(H,25,26)(H2,23,24,27)/t19-/m0/s1. The summed E-state index contributed by atoms with van der Waals surface area (Å²) < 4.78 is 0. The van der Waals surface area contributed by atoms with E-state index in [1.165, 1.54) is 0 Å². The molecule has 142 valence electrons. The highest BCUT2D eigenvalue weighted by Gasteiger charge is 2.19. The number of aliphatic carboxylic acids is 1. The van der Waals surface area contributed by atoms with Gasteiger partial charge in [-0.05, 0) is 49.1 Å². The van der Waals surface area contributed by atoms with E-state index >= 15 is 0 Å². The quantitative estimate of drug-likeness (QED) is 0.402. The molecule has 5 N–H and O–H groups in total. The average Bonchev–Trinajstić information content (AvgIpc) is 2.67. The van der Waals surface area contributed by atoms with Crippen molar-refractivity contribution in [1.82, 2.24) is 5.32 Å². The lowest BCUT2D eigenvalue weighted by Crippen LogP contribution is -2.43. The fourth-order valence-electron chi connectivity index (χ4n) is 2.51. The van der Waals surface area contributed by atoms with Gasteiger partial charge in [-0.25, -0.2) is 9.59 Å². The Hall–Kier alpha value is -3.12. The molecule has 2 aromatic carbocycles. The van der Waals surface area contributed by atoms with Crippen molar-refractivity contribution in [3.63, 3.8) is 0 Å². The zero-order valence-corrected chi connectivity index (χ0v) is 15.1. The molecule has 6 heteroatoms. The second-order valence-electron chi connectivity index (χ2n) is 6.14. The van der Waals surface area contributed by atoms with E-state index in [0.717, 1.165) is 17.5 Å². The number of rotatable bonds is 9. The Balaban J connectivity index is 1.88. The summed E-state index contributed by atoms with van der Waals surface area (Å²) in [4.78, 5) is 23.3. The Kier molecular flexibility index (Phi) is 8.06. The lowest BCUT2D eigenvalue weighted by molar-refractivity contribution is -0.139. The third-order valence-electron chi connectivity index (χ3n) is 3.99. The van der Waals surface area contributed by atoms with Crippen LogP contribution in [0.4, 0.5) is 10.5 Å². The van der Waals surface area contributed by atoms with Crippen LogP contribution >= 0.6 is 0 Å². The summed E-state index contributed by atoms with van der Waals surface area (Å²) in [5.41, 5.74) is 8.10. The molecule has 2 rings (SSSR count). The van der Waals surface area contributed by atoms with E-state index in [2.05, 4.69) is 10.6 Å². The summed E-state index contributed by atoms with van der Waals surface area (Å²) in [5.74, 6) is -1.05. The number of nitrogens with one attached hydrogen (secondary N) is 2. The van der Waals surface area contributed by atoms with Crippen molar-refractivity contribution in [2.75, 3.05) is 11.9 Å². The van der Waals surface area contributed by atoms with Gasteiger partial charge in [0, 0.05) is 5.69 Å². The third kappa shape index (κ3) is 7.33. The molecule has 0 aliphatic rings. The van der Waals surface area contributed by atoms with Crippen LogP contribution in [0.1, 0.15) is 30.4 Å². The van der Waals surface area contributed by atoms with Crippen LogP contribution in [0.2, 0.25) is 0 Å². The zero-order chi connectivity index (χ0) is 19.5. The second kappa shape index (κ2) is 10.8. The number of amides is 2. The van der Waals surface area contributed by atoms with Crippen LogP contribution in [-0.2, 0) is 4.79 Å². The van der Waals surface area contributed by atoms with Crippen molar-refractivity contribution in [2.24, 2.45) is 5.73 Å². The number of hydrogen-bond donors (Lipinski definition) is 4. The number of unbranched alkanes of at least 4 members (excludes halogenated alkanes) is 1. The molecule has 0 aromatic heterocycles. The maximum atomic E-state index is 12.0. The van der Waals surface area contributed by atoms with Crippen molar-refractivity contribution < 1.29 is 14.7 Å². The molecule has 2 aromatic rings. The molecule has 0 spiro atoms. The minimum absolute atomic E-state index is 0.350. The SMILES string of the molecule is NCCCC[C@H](NC(=O)Nc1ccc(C=Cc2ccccc2)cc1)C(=O)O. The van der Waals surface area contributed by atoms with Gasteiger partial charge < -0.3 is 21.5 Å². The van der Waals surface area contributed by atoms with Crippen molar-refractivity contribution in [3.8, 4) is 0 Å². The fourth-order valence-corrected chi connectivity index (χ4v) is 2.51. The van der Waals surface area contributed by atoms with Gasteiger partial charge >= 0.3 is 12.0 Å². The van der Waals surface area contributed by atoms with Gasteiger partial charge in [0.1, 0.15) is 6.04 Å². The molecule has 2 amide bonds. The summed E-state index contributed by atoms with van der Waals surface area (Å²) >= 11 is 0. The Morgan fingerprint density at radius 3 is 2.19 bits per heavy atom. The summed E-state index contributed by atoms with van der Waals surface area (Å²) in [5, 5.41) is 14.3. The van der Waals surface area contributed by atoms with Crippen LogP contribution in [0.25, 0.3) is 12.2 Å². The lowest BCUT2D eigenvalue weighted by atomic mass is 10.1. The molecular formula is C21H25N3O3. The summed E-state index contributed by atoms with van der Waals surface area (Å²) in [6.45, 7) is 0.504. The second-order valence-corrected chi connectivity index (χ2v) is 6.14. The van der Waals surface area contributed by atoms with Crippen molar-refractivity contribution in [1.29, 1.82) is 0 Å². The van der Waals surface area contributed by atoms with Gasteiger partial charge in [0.25, 0.3) is 0 Å². The number of urea groups is 1. The molecule has 0 aliphatic carbocycles. The summed E-state index contributed by atoms with van der Waals surface area (Å²) in [6, 6.07) is 15.8. The molecule has 0 heterocycles. The first kappa shape index (κ1) is 20.2. The van der Waals surface area contributed by atoms with E-state index < -0.39 is 18.0 Å². The Bertz CT molecular complexity index is 758. The predicted molar refractivity (Wildman–Crippen MR) is 108 cm³/mol. The van der Waals surface area contributed by atoms with E-state index in [-0.39, 0.29) is 0 Å². The lowest BCUT2D eigenvalue weighted by Gasteiger charge is -2.15. The average molecular weight is 367 g/mol. The van der Waals surface area contributed by atoms with Gasteiger partial charge in [0.2, 0.25) is 0 Å². The maximum Gasteiger partial charge on any atom is 0.326 e. The largest absolute Gasteiger partial charge is 0.480 e. The highest BCUT2D eigenvalue weighted by Crippen LogP contribution is 2.13. The third-order valence-corrected chi connectivity index (χ3v) is 3.99. The van der Waals surface area contributed by atoms with Gasteiger partial charge in [-0.2, -0.15) is 0 Å². The smallest absolute Gasteiger partial charge is 0.326 e. The van der Waals surface area contributed by atoms with E-state index in [4.69, 9.17) is 5.73 Å². The highest BCUT2D eigenvalue weighted by atomic mass is 16.4. The fraction of sp³-hybridized carbons (Fsp3) is 0.238. The van der Waals surface area contributed by atoms with Crippen LogP contribution in [0.15, 0.2) is 54.6 Å². The van der Waals surface area contributed by atoms with E-state index in [1.807, 2.05) is 54.6 Å². The predicted octanol–water partition coefficient (Wildman–Crippen LogP) is 3.56. The first-order valence-electron chi connectivity index (χ1n) is 8.92.